The van der Waals surface area contributed by atoms with Gasteiger partial charge in [0.25, 0.3) is 0 Å². The Hall–Kier alpha value is -1.27. The Morgan fingerprint density at radius 3 is 2.94 bits per heavy atom. The van der Waals surface area contributed by atoms with Crippen LogP contribution in [0, 0.1) is 0 Å². The second-order valence-electron chi connectivity index (χ2n) is 4.57. The summed E-state index contributed by atoms with van der Waals surface area (Å²) in [5, 5.41) is 17.6. The van der Waals surface area contributed by atoms with Crippen molar-refractivity contribution in [3.05, 3.63) is 5.69 Å². The van der Waals surface area contributed by atoms with E-state index < -0.39 is 5.60 Å². The van der Waals surface area contributed by atoms with Crippen molar-refractivity contribution >= 4 is 11.5 Å². The van der Waals surface area contributed by atoms with E-state index in [-0.39, 0.29) is 0 Å². The molecule has 1 aliphatic heterocycles. The normalized spacial score (nSPS) is 24.2. The highest BCUT2D eigenvalue weighted by Crippen LogP contribution is 2.24. The van der Waals surface area contributed by atoms with Gasteiger partial charge in [0.05, 0.1) is 18.0 Å². The lowest BCUT2D eigenvalue weighted by Crippen LogP contribution is -2.37. The van der Waals surface area contributed by atoms with E-state index in [1.54, 1.807) is 4.68 Å². The molecule has 0 amide bonds. The molecule has 0 saturated carbocycles. The van der Waals surface area contributed by atoms with Crippen LogP contribution in [0.5, 0.6) is 0 Å². The lowest BCUT2D eigenvalue weighted by Gasteiger charge is -2.21. The minimum atomic E-state index is -0.789. The van der Waals surface area contributed by atoms with Crippen molar-refractivity contribution < 1.29 is 9.84 Å². The first-order valence-corrected chi connectivity index (χ1v) is 5.91. The molecule has 6 nitrogen and oxygen atoms in total. The third kappa shape index (κ3) is 2.37. The Balaban J connectivity index is 2.06. The number of nitrogens with one attached hydrogen (secondary N) is 1. The Kier molecular flexibility index (Phi) is 3.26. The Morgan fingerprint density at radius 2 is 2.41 bits per heavy atom. The largest absolute Gasteiger partial charge is 0.394 e. The summed E-state index contributed by atoms with van der Waals surface area (Å²) in [4.78, 5) is 0. The number of rotatable bonds is 4. The van der Waals surface area contributed by atoms with Gasteiger partial charge in [-0.25, -0.2) is 0 Å². The summed E-state index contributed by atoms with van der Waals surface area (Å²) in [5.74, 6) is 0.766. The van der Waals surface area contributed by atoms with E-state index in [0.29, 0.717) is 31.9 Å². The smallest absolute Gasteiger partial charge is 0.147 e. The lowest BCUT2D eigenvalue weighted by molar-refractivity contribution is 0.0381. The molecule has 0 bridgehead atoms. The van der Waals surface area contributed by atoms with E-state index in [1.807, 2.05) is 14.0 Å². The van der Waals surface area contributed by atoms with E-state index in [1.165, 1.54) is 0 Å². The van der Waals surface area contributed by atoms with Crippen molar-refractivity contribution in [1.82, 2.24) is 9.78 Å². The third-order valence-corrected chi connectivity index (χ3v) is 3.16. The van der Waals surface area contributed by atoms with Gasteiger partial charge in [-0.1, -0.05) is 6.92 Å². The van der Waals surface area contributed by atoms with Gasteiger partial charge in [0.1, 0.15) is 11.4 Å². The van der Waals surface area contributed by atoms with Gasteiger partial charge >= 0.3 is 0 Å². The second-order valence-corrected chi connectivity index (χ2v) is 4.57. The first-order valence-electron chi connectivity index (χ1n) is 5.91. The van der Waals surface area contributed by atoms with E-state index in [2.05, 4.69) is 10.4 Å². The van der Waals surface area contributed by atoms with E-state index >= 15 is 0 Å². The number of nitrogens with two attached hydrogens (primary N) is 1. The van der Waals surface area contributed by atoms with Gasteiger partial charge in [-0.3, -0.25) is 4.68 Å². The molecule has 2 heterocycles. The molecule has 0 spiro atoms. The molecule has 1 atom stereocenters. The van der Waals surface area contributed by atoms with Crippen LogP contribution in [-0.2, 0) is 18.2 Å². The maximum absolute atomic E-state index is 10.1. The molecule has 1 saturated heterocycles. The van der Waals surface area contributed by atoms with Crippen molar-refractivity contribution in [2.45, 2.75) is 25.4 Å². The van der Waals surface area contributed by atoms with Crippen LogP contribution in [0.1, 0.15) is 19.0 Å². The number of hydrogen-bond acceptors (Lipinski definition) is 5. The Bertz CT molecular complexity index is 396. The maximum atomic E-state index is 10.1. The lowest BCUT2D eigenvalue weighted by atomic mass is 10.0. The predicted molar refractivity (Wildman–Crippen MR) is 65.9 cm³/mol. The van der Waals surface area contributed by atoms with Crippen LogP contribution >= 0.6 is 0 Å². The molecule has 1 aromatic rings. The average Bonchev–Trinajstić information content (AvgIpc) is 2.83. The van der Waals surface area contributed by atoms with Crippen LogP contribution in [0.3, 0.4) is 0 Å². The zero-order chi connectivity index (χ0) is 12.5. The van der Waals surface area contributed by atoms with Crippen molar-refractivity contribution in [1.29, 1.82) is 0 Å². The molecule has 96 valence electrons. The van der Waals surface area contributed by atoms with Crippen LogP contribution in [0.2, 0.25) is 0 Å². The van der Waals surface area contributed by atoms with Crippen LogP contribution in [0.25, 0.3) is 0 Å². The van der Waals surface area contributed by atoms with E-state index in [4.69, 9.17) is 10.5 Å². The standard InChI is InChI=1S/C11H20N4O2/c1-3-8-9(12)10(15(2)14-8)13-6-11(16)4-5-17-7-11/h13,16H,3-7,12H2,1-2H3. The SMILES string of the molecule is CCc1nn(C)c(NCC2(O)CCOC2)c1N. The van der Waals surface area contributed by atoms with E-state index in [9.17, 15) is 5.11 Å². The topological polar surface area (TPSA) is 85.3 Å². The van der Waals surface area contributed by atoms with Gasteiger partial charge in [0, 0.05) is 26.6 Å². The molecule has 1 unspecified atom stereocenters. The molecule has 0 aromatic carbocycles. The number of anilines is 2. The molecule has 2 rings (SSSR count). The van der Waals surface area contributed by atoms with E-state index in [0.717, 1.165) is 17.9 Å². The molecule has 1 fully saturated rings. The summed E-state index contributed by atoms with van der Waals surface area (Å²) >= 11 is 0. The van der Waals surface area contributed by atoms with Crippen LogP contribution in [0.15, 0.2) is 0 Å². The van der Waals surface area contributed by atoms with Crippen LogP contribution in [-0.4, -0.2) is 40.2 Å². The Morgan fingerprint density at radius 1 is 1.65 bits per heavy atom. The predicted octanol–water partition coefficient (Wildman–Crippen LogP) is 0.128. The first-order chi connectivity index (χ1) is 8.06. The zero-order valence-corrected chi connectivity index (χ0v) is 10.4. The number of aromatic nitrogens is 2. The summed E-state index contributed by atoms with van der Waals surface area (Å²) in [7, 11) is 1.84. The Labute approximate surface area is 101 Å². The van der Waals surface area contributed by atoms with Gasteiger partial charge in [0.15, 0.2) is 0 Å². The molecule has 1 aliphatic rings. The first kappa shape index (κ1) is 12.2. The number of aliphatic hydroxyl groups is 1. The summed E-state index contributed by atoms with van der Waals surface area (Å²) in [6.07, 6.45) is 1.45. The monoisotopic (exact) mass is 240 g/mol. The highest BCUT2D eigenvalue weighted by atomic mass is 16.5. The zero-order valence-electron chi connectivity index (χ0n) is 10.4. The molecular formula is C11H20N4O2. The molecule has 4 N–H and O–H groups in total. The molecule has 17 heavy (non-hydrogen) atoms. The number of hydrogen-bond donors (Lipinski definition) is 3. The van der Waals surface area contributed by atoms with Gasteiger partial charge in [-0.2, -0.15) is 5.10 Å². The highest BCUT2D eigenvalue weighted by Gasteiger charge is 2.32. The second kappa shape index (κ2) is 4.54. The fourth-order valence-electron chi connectivity index (χ4n) is 2.05. The average molecular weight is 240 g/mol. The minimum absolute atomic E-state index is 0.373. The van der Waals surface area contributed by atoms with Crippen molar-refractivity contribution in [2.24, 2.45) is 7.05 Å². The third-order valence-electron chi connectivity index (χ3n) is 3.16. The van der Waals surface area contributed by atoms with Gasteiger partial charge in [-0.05, 0) is 6.42 Å². The fourth-order valence-corrected chi connectivity index (χ4v) is 2.05. The van der Waals surface area contributed by atoms with Crippen LogP contribution < -0.4 is 11.1 Å². The molecule has 0 aliphatic carbocycles. The molecular weight excluding hydrogens is 220 g/mol. The van der Waals surface area contributed by atoms with Gasteiger partial charge in [-0.15, -0.1) is 0 Å². The summed E-state index contributed by atoms with van der Waals surface area (Å²) in [5.41, 5.74) is 6.74. The van der Waals surface area contributed by atoms with Crippen LogP contribution in [0.4, 0.5) is 11.5 Å². The summed E-state index contributed by atoms with van der Waals surface area (Å²) in [6.45, 7) is 3.43. The number of nitrogens with zero attached hydrogens (tertiary/aromatic N) is 2. The van der Waals surface area contributed by atoms with Crippen molar-refractivity contribution in [2.75, 3.05) is 30.8 Å². The van der Waals surface area contributed by atoms with Crippen molar-refractivity contribution in [3.63, 3.8) is 0 Å². The molecule has 6 heteroatoms. The fraction of sp³-hybridized carbons (Fsp3) is 0.727. The quantitative estimate of drug-likeness (QED) is 0.696. The highest BCUT2D eigenvalue weighted by molar-refractivity contribution is 5.65. The number of ether oxygens (including phenoxy) is 1. The van der Waals surface area contributed by atoms with Crippen molar-refractivity contribution in [3.8, 4) is 0 Å². The minimum Gasteiger partial charge on any atom is -0.394 e. The van der Waals surface area contributed by atoms with Gasteiger partial charge < -0.3 is 20.9 Å². The number of nitrogen functional groups attached to an aromatic ring is 1. The number of aryl methyl sites for hydroxylation is 2. The molecule has 0 radical (unpaired) electrons. The van der Waals surface area contributed by atoms with Gasteiger partial charge in [0.2, 0.25) is 0 Å². The summed E-state index contributed by atoms with van der Waals surface area (Å²) in [6, 6.07) is 0. The molecule has 1 aromatic heterocycles. The summed E-state index contributed by atoms with van der Waals surface area (Å²) < 4.78 is 6.91. The maximum Gasteiger partial charge on any atom is 0.147 e.